The Morgan fingerprint density at radius 3 is 1.67 bits per heavy atom. The van der Waals surface area contributed by atoms with Crippen molar-refractivity contribution in [3.8, 4) is 0 Å². The maximum Gasteiger partial charge on any atom is 0.355 e. The van der Waals surface area contributed by atoms with Crippen LogP contribution in [0, 0.1) is 20.8 Å². The molecule has 0 fully saturated rings. The first-order chi connectivity index (χ1) is 18.8. The zero-order chi connectivity index (χ0) is 27.9. The molecule has 0 atom stereocenters. The van der Waals surface area contributed by atoms with E-state index in [4.69, 9.17) is 14.2 Å². The van der Waals surface area contributed by atoms with Gasteiger partial charge in [0.15, 0.2) is 0 Å². The SMILES string of the molecule is COC(=O)Cc1c(Cc2[nH]c(C(=O)OCc3ccccc3)c(C)c2C)[nH]c(C(=O)OCc2ccccc2)c1C. The summed E-state index contributed by atoms with van der Waals surface area (Å²) in [7, 11) is 1.32. The van der Waals surface area contributed by atoms with Crippen LogP contribution in [-0.4, -0.2) is 35.0 Å². The second kappa shape index (κ2) is 12.3. The Morgan fingerprint density at radius 1 is 0.667 bits per heavy atom. The molecule has 0 unspecified atom stereocenters. The average molecular weight is 529 g/mol. The van der Waals surface area contributed by atoms with E-state index in [1.165, 1.54) is 7.11 Å². The molecule has 0 saturated carbocycles. The molecular formula is C31H32N2O6. The highest BCUT2D eigenvalue weighted by Crippen LogP contribution is 2.26. The summed E-state index contributed by atoms with van der Waals surface area (Å²) in [5.41, 5.74) is 6.82. The number of rotatable bonds is 10. The Hall–Kier alpha value is -4.59. The highest BCUT2D eigenvalue weighted by Gasteiger charge is 2.25. The van der Waals surface area contributed by atoms with Crippen molar-refractivity contribution < 1.29 is 28.6 Å². The maximum atomic E-state index is 13.0. The molecule has 4 rings (SSSR count). The van der Waals surface area contributed by atoms with Crippen LogP contribution in [-0.2, 0) is 45.1 Å². The Balaban J connectivity index is 1.56. The summed E-state index contributed by atoms with van der Waals surface area (Å²) in [6, 6.07) is 18.9. The van der Waals surface area contributed by atoms with E-state index in [0.29, 0.717) is 28.9 Å². The Kier molecular flexibility index (Phi) is 8.66. The fraction of sp³-hybridized carbons (Fsp3) is 0.258. The molecule has 0 amide bonds. The van der Waals surface area contributed by atoms with Gasteiger partial charge in [0.25, 0.3) is 0 Å². The molecule has 39 heavy (non-hydrogen) atoms. The van der Waals surface area contributed by atoms with E-state index in [-0.39, 0.29) is 25.3 Å². The highest BCUT2D eigenvalue weighted by molar-refractivity contribution is 5.91. The number of aromatic nitrogens is 2. The van der Waals surface area contributed by atoms with Crippen molar-refractivity contribution >= 4 is 17.9 Å². The summed E-state index contributed by atoms with van der Waals surface area (Å²) in [4.78, 5) is 44.4. The molecular weight excluding hydrogens is 496 g/mol. The van der Waals surface area contributed by atoms with Crippen LogP contribution in [0.1, 0.15) is 65.7 Å². The molecule has 8 heteroatoms. The van der Waals surface area contributed by atoms with Gasteiger partial charge in [0, 0.05) is 17.8 Å². The van der Waals surface area contributed by atoms with Crippen LogP contribution in [0.25, 0.3) is 0 Å². The number of hydrogen-bond acceptors (Lipinski definition) is 6. The van der Waals surface area contributed by atoms with Gasteiger partial charge in [-0.3, -0.25) is 4.79 Å². The lowest BCUT2D eigenvalue weighted by molar-refractivity contribution is -0.139. The minimum Gasteiger partial charge on any atom is -0.469 e. The fourth-order valence-corrected chi connectivity index (χ4v) is 4.41. The first kappa shape index (κ1) is 27.4. The average Bonchev–Trinajstić information content (AvgIpc) is 3.42. The molecule has 2 aromatic carbocycles. The molecule has 0 saturated heterocycles. The summed E-state index contributed by atoms with van der Waals surface area (Å²) in [5.74, 6) is -1.39. The third-order valence-electron chi connectivity index (χ3n) is 6.87. The van der Waals surface area contributed by atoms with E-state index in [1.807, 2.05) is 74.5 Å². The number of esters is 3. The van der Waals surface area contributed by atoms with E-state index in [0.717, 1.165) is 27.9 Å². The largest absolute Gasteiger partial charge is 0.469 e. The van der Waals surface area contributed by atoms with E-state index in [9.17, 15) is 14.4 Å². The van der Waals surface area contributed by atoms with Gasteiger partial charge in [0.1, 0.15) is 24.6 Å². The molecule has 2 N–H and O–H groups in total. The Bertz CT molecular complexity index is 1470. The van der Waals surface area contributed by atoms with E-state index in [2.05, 4.69) is 9.97 Å². The second-order valence-electron chi connectivity index (χ2n) is 9.36. The second-order valence-corrected chi connectivity index (χ2v) is 9.36. The van der Waals surface area contributed by atoms with Crippen molar-refractivity contribution in [1.29, 1.82) is 0 Å². The highest BCUT2D eigenvalue weighted by atomic mass is 16.5. The smallest absolute Gasteiger partial charge is 0.355 e. The number of H-pyrrole nitrogens is 2. The summed E-state index contributed by atoms with van der Waals surface area (Å²) >= 11 is 0. The molecule has 0 aliphatic rings. The summed E-state index contributed by atoms with van der Waals surface area (Å²) in [6.07, 6.45) is 0.322. The van der Waals surface area contributed by atoms with Gasteiger partial charge in [-0.1, -0.05) is 60.7 Å². The quantitative estimate of drug-likeness (QED) is 0.214. The van der Waals surface area contributed by atoms with Crippen molar-refractivity contribution in [2.24, 2.45) is 0 Å². The minimum atomic E-state index is -0.515. The van der Waals surface area contributed by atoms with Crippen LogP contribution in [0.3, 0.4) is 0 Å². The lowest BCUT2D eigenvalue weighted by Crippen LogP contribution is -2.09. The van der Waals surface area contributed by atoms with Crippen LogP contribution in [0.2, 0.25) is 0 Å². The summed E-state index contributed by atoms with van der Waals surface area (Å²) in [6.45, 7) is 5.84. The lowest BCUT2D eigenvalue weighted by Gasteiger charge is -2.06. The molecule has 8 nitrogen and oxygen atoms in total. The van der Waals surface area contributed by atoms with Crippen molar-refractivity contribution in [2.45, 2.75) is 46.8 Å². The number of carbonyl (C=O) groups excluding carboxylic acids is 3. The number of benzene rings is 2. The fourth-order valence-electron chi connectivity index (χ4n) is 4.41. The number of nitrogens with one attached hydrogen (secondary N) is 2. The van der Waals surface area contributed by atoms with Crippen LogP contribution in [0.15, 0.2) is 60.7 Å². The van der Waals surface area contributed by atoms with Crippen LogP contribution in [0.4, 0.5) is 0 Å². The number of methoxy groups -OCH3 is 1. The first-order valence-electron chi connectivity index (χ1n) is 12.7. The van der Waals surface area contributed by atoms with Crippen LogP contribution < -0.4 is 0 Å². The van der Waals surface area contributed by atoms with Crippen molar-refractivity contribution in [3.05, 3.63) is 117 Å². The zero-order valence-corrected chi connectivity index (χ0v) is 22.6. The molecule has 0 aliphatic carbocycles. The lowest BCUT2D eigenvalue weighted by atomic mass is 10.0. The molecule has 2 aromatic heterocycles. The van der Waals surface area contributed by atoms with Gasteiger partial charge >= 0.3 is 17.9 Å². The minimum absolute atomic E-state index is 0.00908. The topological polar surface area (TPSA) is 110 Å². The number of ether oxygens (including phenoxy) is 3. The van der Waals surface area contributed by atoms with Gasteiger partial charge in [-0.05, 0) is 54.2 Å². The molecule has 0 bridgehead atoms. The molecule has 0 radical (unpaired) electrons. The van der Waals surface area contributed by atoms with Crippen LogP contribution in [0.5, 0.6) is 0 Å². The third-order valence-corrected chi connectivity index (χ3v) is 6.87. The Morgan fingerprint density at radius 2 is 1.15 bits per heavy atom. The predicted molar refractivity (Wildman–Crippen MR) is 145 cm³/mol. The monoisotopic (exact) mass is 528 g/mol. The van der Waals surface area contributed by atoms with Crippen molar-refractivity contribution in [2.75, 3.05) is 7.11 Å². The molecule has 0 aliphatic heterocycles. The maximum absolute atomic E-state index is 13.0. The predicted octanol–water partition coefficient (Wildman–Crippen LogP) is 5.29. The van der Waals surface area contributed by atoms with Crippen molar-refractivity contribution in [1.82, 2.24) is 9.97 Å². The van der Waals surface area contributed by atoms with Gasteiger partial charge in [0.05, 0.1) is 13.5 Å². The number of carbonyl (C=O) groups is 3. The summed E-state index contributed by atoms with van der Waals surface area (Å²) < 4.78 is 15.9. The van der Waals surface area contributed by atoms with Gasteiger partial charge < -0.3 is 24.2 Å². The normalized spacial score (nSPS) is 10.8. The van der Waals surface area contributed by atoms with E-state index < -0.39 is 17.9 Å². The Labute approximate surface area is 227 Å². The molecule has 0 spiro atoms. The van der Waals surface area contributed by atoms with Gasteiger partial charge in [-0.2, -0.15) is 0 Å². The van der Waals surface area contributed by atoms with E-state index in [1.54, 1.807) is 6.92 Å². The standard InChI is InChI=1S/C31H32N2O6/c1-19-20(2)28(30(35)38-17-22-11-7-5-8-12-22)32-25(19)16-26-24(15-27(34)37-4)21(3)29(33-26)31(36)39-18-23-13-9-6-10-14-23/h5-14,32-33H,15-18H2,1-4H3. The third kappa shape index (κ3) is 6.46. The number of aromatic amines is 2. The summed E-state index contributed by atoms with van der Waals surface area (Å²) in [5, 5.41) is 0. The number of hydrogen-bond donors (Lipinski definition) is 2. The molecule has 4 aromatic rings. The zero-order valence-electron chi connectivity index (χ0n) is 22.6. The van der Waals surface area contributed by atoms with Gasteiger partial charge in [-0.15, -0.1) is 0 Å². The van der Waals surface area contributed by atoms with E-state index >= 15 is 0 Å². The molecule has 2 heterocycles. The van der Waals surface area contributed by atoms with Crippen LogP contribution >= 0.6 is 0 Å². The first-order valence-corrected chi connectivity index (χ1v) is 12.7. The van der Waals surface area contributed by atoms with Crippen molar-refractivity contribution in [3.63, 3.8) is 0 Å². The van der Waals surface area contributed by atoms with Gasteiger partial charge in [-0.25, -0.2) is 9.59 Å². The molecule has 202 valence electrons. The van der Waals surface area contributed by atoms with Gasteiger partial charge in [0.2, 0.25) is 0 Å².